The number of halogens is 1. The van der Waals surface area contributed by atoms with Crippen molar-refractivity contribution in [2.45, 2.75) is 0 Å². The van der Waals surface area contributed by atoms with Gasteiger partial charge in [-0.05, 0) is 12.1 Å². The topological polar surface area (TPSA) is 105 Å². The van der Waals surface area contributed by atoms with E-state index in [0.717, 1.165) is 32.7 Å². The number of carbonyl (C=O) groups excluding carboxylic acids is 2. The fourth-order valence-corrected chi connectivity index (χ4v) is 2.79. The van der Waals surface area contributed by atoms with Crippen molar-refractivity contribution in [3.05, 3.63) is 47.8 Å². The van der Waals surface area contributed by atoms with Gasteiger partial charge in [-0.2, -0.15) is 5.10 Å². The first-order valence-corrected chi connectivity index (χ1v) is 8.32. The van der Waals surface area contributed by atoms with Gasteiger partial charge in [-0.25, -0.2) is 4.68 Å². The first-order chi connectivity index (χ1) is 12.1. The molecular formula is C17H23ClN6O2. The number of primary amides is 1. The van der Waals surface area contributed by atoms with E-state index in [-0.39, 0.29) is 29.7 Å². The van der Waals surface area contributed by atoms with Crippen LogP contribution in [-0.4, -0.2) is 65.8 Å². The van der Waals surface area contributed by atoms with Gasteiger partial charge in [0.25, 0.3) is 11.8 Å². The normalized spacial score (nSPS) is 14.5. The summed E-state index contributed by atoms with van der Waals surface area (Å²) in [7, 11) is 0. The summed E-state index contributed by atoms with van der Waals surface area (Å²) >= 11 is 0. The van der Waals surface area contributed by atoms with Crippen LogP contribution in [0, 0.1) is 0 Å². The van der Waals surface area contributed by atoms with Crippen LogP contribution in [0.1, 0.15) is 21.0 Å². The number of para-hydroxylation sites is 1. The second-order valence-electron chi connectivity index (χ2n) is 5.87. The van der Waals surface area contributed by atoms with Gasteiger partial charge in [0, 0.05) is 45.3 Å². The molecule has 0 radical (unpaired) electrons. The number of nitrogens with zero attached hydrogens (tertiary/aromatic N) is 3. The number of nitrogens with two attached hydrogens (primary N) is 1. The number of carbonyl (C=O) groups is 2. The van der Waals surface area contributed by atoms with E-state index in [4.69, 9.17) is 5.73 Å². The molecule has 3 rings (SSSR count). The van der Waals surface area contributed by atoms with Gasteiger partial charge < -0.3 is 16.4 Å². The molecule has 1 aromatic heterocycles. The molecule has 2 aromatic rings. The van der Waals surface area contributed by atoms with Gasteiger partial charge in [0.1, 0.15) is 5.69 Å². The molecule has 2 amide bonds. The summed E-state index contributed by atoms with van der Waals surface area (Å²) in [5.41, 5.74) is 6.45. The number of piperazine rings is 1. The lowest BCUT2D eigenvalue weighted by Gasteiger charge is -2.26. The van der Waals surface area contributed by atoms with E-state index in [2.05, 4.69) is 20.6 Å². The fraction of sp³-hybridized carbons (Fsp3) is 0.353. The molecule has 0 saturated carbocycles. The fourth-order valence-electron chi connectivity index (χ4n) is 2.79. The van der Waals surface area contributed by atoms with Crippen molar-refractivity contribution in [1.29, 1.82) is 0 Å². The summed E-state index contributed by atoms with van der Waals surface area (Å²) in [6.45, 7) is 5.21. The second-order valence-corrected chi connectivity index (χ2v) is 5.87. The molecule has 0 spiro atoms. The Morgan fingerprint density at radius 3 is 2.54 bits per heavy atom. The Labute approximate surface area is 158 Å². The molecule has 1 aliphatic rings. The number of nitrogens with one attached hydrogen (secondary N) is 2. The zero-order valence-electron chi connectivity index (χ0n) is 14.4. The molecule has 0 bridgehead atoms. The van der Waals surface area contributed by atoms with Crippen LogP contribution in [0.3, 0.4) is 0 Å². The number of amides is 2. The van der Waals surface area contributed by atoms with E-state index in [1.165, 1.54) is 10.7 Å². The lowest BCUT2D eigenvalue weighted by molar-refractivity contribution is 0.0941. The Kier molecular flexibility index (Phi) is 7.14. The predicted octanol–water partition coefficient (Wildman–Crippen LogP) is 0.0280. The van der Waals surface area contributed by atoms with Crippen molar-refractivity contribution < 1.29 is 9.59 Å². The minimum Gasteiger partial charge on any atom is -0.364 e. The van der Waals surface area contributed by atoms with Gasteiger partial charge in [0.15, 0.2) is 5.69 Å². The second kappa shape index (κ2) is 9.33. The van der Waals surface area contributed by atoms with Crippen LogP contribution in [0.5, 0.6) is 0 Å². The highest BCUT2D eigenvalue weighted by atomic mass is 35.5. The Bertz CT molecular complexity index is 743. The van der Waals surface area contributed by atoms with E-state index in [1.54, 1.807) is 12.1 Å². The number of hydrogen-bond donors (Lipinski definition) is 3. The third-order valence-electron chi connectivity index (χ3n) is 4.12. The highest BCUT2D eigenvalue weighted by molar-refractivity contribution is 5.97. The third-order valence-corrected chi connectivity index (χ3v) is 4.12. The largest absolute Gasteiger partial charge is 0.364 e. The molecule has 8 nitrogen and oxygen atoms in total. The lowest BCUT2D eigenvalue weighted by Crippen LogP contribution is -2.46. The Balaban J connectivity index is 0.00000243. The Hall–Kier alpha value is -2.42. The van der Waals surface area contributed by atoms with E-state index < -0.39 is 5.91 Å². The molecule has 1 saturated heterocycles. The molecular weight excluding hydrogens is 356 g/mol. The zero-order valence-corrected chi connectivity index (χ0v) is 15.2. The van der Waals surface area contributed by atoms with Gasteiger partial charge in [-0.1, -0.05) is 18.2 Å². The summed E-state index contributed by atoms with van der Waals surface area (Å²) < 4.78 is 1.40. The minimum absolute atomic E-state index is 0. The van der Waals surface area contributed by atoms with E-state index >= 15 is 0 Å². The summed E-state index contributed by atoms with van der Waals surface area (Å²) in [6.07, 6.45) is 0. The molecule has 1 aromatic carbocycles. The maximum absolute atomic E-state index is 12.3. The van der Waals surface area contributed by atoms with Crippen LogP contribution in [0.25, 0.3) is 5.69 Å². The average molecular weight is 379 g/mol. The van der Waals surface area contributed by atoms with Crippen molar-refractivity contribution >= 4 is 24.2 Å². The van der Waals surface area contributed by atoms with Crippen molar-refractivity contribution in [1.82, 2.24) is 25.3 Å². The van der Waals surface area contributed by atoms with Crippen molar-refractivity contribution in [3.8, 4) is 5.69 Å². The molecule has 140 valence electrons. The van der Waals surface area contributed by atoms with Crippen molar-refractivity contribution in [3.63, 3.8) is 0 Å². The summed E-state index contributed by atoms with van der Waals surface area (Å²) in [5.74, 6) is -0.941. The molecule has 26 heavy (non-hydrogen) atoms. The van der Waals surface area contributed by atoms with Crippen molar-refractivity contribution in [2.24, 2.45) is 5.73 Å². The van der Waals surface area contributed by atoms with E-state index in [9.17, 15) is 9.59 Å². The van der Waals surface area contributed by atoms with Crippen LogP contribution in [-0.2, 0) is 0 Å². The number of aromatic nitrogens is 2. The monoisotopic (exact) mass is 378 g/mol. The quantitative estimate of drug-likeness (QED) is 0.657. The first kappa shape index (κ1) is 19.9. The molecule has 1 aliphatic heterocycles. The van der Waals surface area contributed by atoms with E-state index in [0.29, 0.717) is 12.2 Å². The lowest BCUT2D eigenvalue weighted by atomic mass is 10.3. The highest BCUT2D eigenvalue weighted by Crippen LogP contribution is 2.12. The number of hydrogen-bond acceptors (Lipinski definition) is 5. The van der Waals surface area contributed by atoms with Crippen LogP contribution in [0.4, 0.5) is 0 Å². The van der Waals surface area contributed by atoms with Crippen molar-refractivity contribution in [2.75, 3.05) is 39.3 Å². The van der Waals surface area contributed by atoms with Gasteiger partial charge in [-0.15, -0.1) is 12.4 Å². The maximum atomic E-state index is 12.3. The Morgan fingerprint density at radius 1 is 1.19 bits per heavy atom. The van der Waals surface area contributed by atoms with Crippen LogP contribution < -0.4 is 16.4 Å². The van der Waals surface area contributed by atoms with E-state index in [1.807, 2.05) is 18.2 Å². The smallest absolute Gasteiger partial charge is 0.271 e. The standard InChI is InChI=1S/C17H22N6O2.ClH/c18-16(24)15-12-14(21-23(15)13-4-2-1-3-5-13)17(25)20-8-11-22-9-6-19-7-10-22;/h1-5,12,19H,6-11H2,(H2,18,24)(H,20,25);1H. The maximum Gasteiger partial charge on any atom is 0.271 e. The molecule has 0 unspecified atom stereocenters. The molecule has 1 fully saturated rings. The van der Waals surface area contributed by atoms with Gasteiger partial charge >= 0.3 is 0 Å². The predicted molar refractivity (Wildman–Crippen MR) is 101 cm³/mol. The highest BCUT2D eigenvalue weighted by Gasteiger charge is 2.18. The average Bonchev–Trinajstić information content (AvgIpc) is 3.09. The first-order valence-electron chi connectivity index (χ1n) is 8.32. The molecule has 9 heteroatoms. The van der Waals surface area contributed by atoms with Gasteiger partial charge in [-0.3, -0.25) is 14.5 Å². The van der Waals surface area contributed by atoms with Crippen LogP contribution >= 0.6 is 12.4 Å². The summed E-state index contributed by atoms with van der Waals surface area (Å²) in [6, 6.07) is 10.5. The van der Waals surface area contributed by atoms with Crippen LogP contribution in [0.15, 0.2) is 36.4 Å². The zero-order chi connectivity index (χ0) is 17.6. The molecule has 4 N–H and O–H groups in total. The third kappa shape index (κ3) is 4.81. The summed E-state index contributed by atoms with van der Waals surface area (Å²) in [4.78, 5) is 26.3. The van der Waals surface area contributed by atoms with Gasteiger partial charge in [0.2, 0.25) is 0 Å². The van der Waals surface area contributed by atoms with Gasteiger partial charge in [0.05, 0.1) is 5.69 Å². The minimum atomic E-state index is -0.629. The number of rotatable bonds is 6. The molecule has 0 atom stereocenters. The SMILES string of the molecule is Cl.NC(=O)c1cc(C(=O)NCCN2CCNCC2)nn1-c1ccccc1. The Morgan fingerprint density at radius 2 is 1.88 bits per heavy atom. The molecule has 0 aliphatic carbocycles. The van der Waals surface area contributed by atoms with Crippen LogP contribution in [0.2, 0.25) is 0 Å². The summed E-state index contributed by atoms with van der Waals surface area (Å²) in [5, 5.41) is 10.4. The number of benzene rings is 1. The molecule has 2 heterocycles.